The molecule has 0 aliphatic carbocycles. The minimum atomic E-state index is -0.266. The molecule has 1 aliphatic heterocycles. The number of nitrogens with one attached hydrogen (secondary N) is 1. The molecule has 1 atom stereocenters. The number of nitrogens with zero attached hydrogens (tertiary/aromatic N) is 1. The van der Waals surface area contributed by atoms with Gasteiger partial charge in [-0.05, 0) is 31.9 Å². The van der Waals surface area contributed by atoms with E-state index in [1.165, 1.54) is 5.56 Å². The van der Waals surface area contributed by atoms with E-state index in [4.69, 9.17) is 9.47 Å². The molecule has 5 heteroatoms. The first kappa shape index (κ1) is 17.9. The molecule has 128 valence electrons. The zero-order chi connectivity index (χ0) is 16.9. The third-order valence-electron chi connectivity index (χ3n) is 4.01. The fourth-order valence-corrected chi connectivity index (χ4v) is 3.07. The molecule has 1 aliphatic rings. The molecule has 0 aromatic heterocycles. The van der Waals surface area contributed by atoms with Crippen LogP contribution in [0.3, 0.4) is 0 Å². The molecule has 0 spiro atoms. The molecule has 1 N–H and O–H groups in total. The predicted molar refractivity (Wildman–Crippen MR) is 90.3 cm³/mol. The molecular weight excluding hydrogens is 292 g/mol. The number of carbonyl (C=O) groups excluding carboxylic acids is 1. The number of benzene rings is 1. The Morgan fingerprint density at radius 3 is 2.87 bits per heavy atom. The minimum Gasteiger partial charge on any atom is -0.382 e. The summed E-state index contributed by atoms with van der Waals surface area (Å²) in [4.78, 5) is 14.4. The number of ether oxygens (including phenoxy) is 2. The first-order valence-corrected chi connectivity index (χ1v) is 8.10. The summed E-state index contributed by atoms with van der Waals surface area (Å²) in [5.41, 5.74) is 2.08. The van der Waals surface area contributed by atoms with Gasteiger partial charge in [-0.3, -0.25) is 9.69 Å². The number of aryl methyl sites for hydroxylation is 1. The number of amides is 1. The van der Waals surface area contributed by atoms with Crippen molar-refractivity contribution in [2.45, 2.75) is 39.0 Å². The quantitative estimate of drug-likeness (QED) is 0.867. The van der Waals surface area contributed by atoms with Crippen molar-refractivity contribution in [3.8, 4) is 0 Å². The van der Waals surface area contributed by atoms with Crippen LogP contribution in [0.1, 0.15) is 25.0 Å². The number of morpholine rings is 1. The van der Waals surface area contributed by atoms with Gasteiger partial charge >= 0.3 is 0 Å². The van der Waals surface area contributed by atoms with Crippen molar-refractivity contribution in [2.75, 3.05) is 33.4 Å². The summed E-state index contributed by atoms with van der Waals surface area (Å²) < 4.78 is 11.2. The van der Waals surface area contributed by atoms with Crippen molar-refractivity contribution in [3.63, 3.8) is 0 Å². The third kappa shape index (κ3) is 5.61. The van der Waals surface area contributed by atoms with Crippen molar-refractivity contribution in [1.29, 1.82) is 0 Å². The Morgan fingerprint density at radius 1 is 1.43 bits per heavy atom. The second kappa shape index (κ2) is 7.90. The Morgan fingerprint density at radius 2 is 2.17 bits per heavy atom. The Balaban J connectivity index is 1.85. The molecule has 0 bridgehead atoms. The maximum atomic E-state index is 12.2. The third-order valence-corrected chi connectivity index (χ3v) is 4.01. The number of hydrogen-bond acceptors (Lipinski definition) is 4. The Labute approximate surface area is 139 Å². The normalized spacial score (nSPS) is 21.1. The van der Waals surface area contributed by atoms with Gasteiger partial charge in [0.2, 0.25) is 5.91 Å². The van der Waals surface area contributed by atoms with Gasteiger partial charge in [-0.2, -0.15) is 0 Å². The molecule has 1 heterocycles. The molecule has 1 amide bonds. The highest BCUT2D eigenvalue weighted by molar-refractivity contribution is 5.78. The van der Waals surface area contributed by atoms with E-state index < -0.39 is 0 Å². The summed E-state index contributed by atoms with van der Waals surface area (Å²) in [6, 6.07) is 8.10. The number of carbonyl (C=O) groups is 1. The molecule has 23 heavy (non-hydrogen) atoms. The van der Waals surface area contributed by atoms with Crippen LogP contribution in [-0.4, -0.2) is 55.9 Å². The lowest BCUT2D eigenvalue weighted by Crippen LogP contribution is -2.55. The second-order valence-electron chi connectivity index (χ2n) is 6.83. The smallest absolute Gasteiger partial charge is 0.234 e. The number of rotatable bonds is 6. The predicted octanol–water partition coefficient (Wildman–Crippen LogP) is 1.74. The Bertz CT molecular complexity index is 531. The van der Waals surface area contributed by atoms with E-state index >= 15 is 0 Å². The van der Waals surface area contributed by atoms with Crippen LogP contribution in [0, 0.1) is 6.92 Å². The zero-order valence-electron chi connectivity index (χ0n) is 14.6. The van der Waals surface area contributed by atoms with Gasteiger partial charge in [0.1, 0.15) is 0 Å². The van der Waals surface area contributed by atoms with Crippen molar-refractivity contribution in [3.05, 3.63) is 35.4 Å². The maximum Gasteiger partial charge on any atom is 0.234 e. The van der Waals surface area contributed by atoms with E-state index in [9.17, 15) is 4.79 Å². The topological polar surface area (TPSA) is 50.8 Å². The highest BCUT2D eigenvalue weighted by Gasteiger charge is 2.33. The molecule has 5 nitrogen and oxygen atoms in total. The summed E-state index contributed by atoms with van der Waals surface area (Å²) in [6.45, 7) is 9.12. The van der Waals surface area contributed by atoms with Gasteiger partial charge in [-0.15, -0.1) is 0 Å². The van der Waals surface area contributed by atoms with Crippen molar-refractivity contribution in [1.82, 2.24) is 10.2 Å². The van der Waals surface area contributed by atoms with E-state index in [1.54, 1.807) is 7.11 Å². The molecule has 1 aromatic carbocycles. The molecule has 0 radical (unpaired) electrons. The SMILES string of the molecule is COC[C@@H]1CN(CC(=O)NCc2ccccc2C)CC(C)(C)O1. The number of hydrogen-bond donors (Lipinski definition) is 1. The summed E-state index contributed by atoms with van der Waals surface area (Å²) in [5.74, 6) is 0.0436. The molecule has 1 aromatic rings. The molecule has 0 saturated carbocycles. The van der Waals surface area contributed by atoms with Gasteiger partial charge < -0.3 is 14.8 Å². The van der Waals surface area contributed by atoms with E-state index in [-0.39, 0.29) is 17.6 Å². The molecule has 1 saturated heterocycles. The lowest BCUT2D eigenvalue weighted by atomic mass is 10.1. The van der Waals surface area contributed by atoms with Crippen LogP contribution in [0.25, 0.3) is 0 Å². The van der Waals surface area contributed by atoms with Gasteiger partial charge in [0, 0.05) is 26.7 Å². The molecule has 0 unspecified atom stereocenters. The minimum absolute atomic E-state index is 0.00733. The van der Waals surface area contributed by atoms with Crippen molar-refractivity contribution in [2.24, 2.45) is 0 Å². The van der Waals surface area contributed by atoms with E-state index in [2.05, 4.69) is 23.2 Å². The van der Waals surface area contributed by atoms with Gasteiger partial charge in [-0.1, -0.05) is 24.3 Å². The van der Waals surface area contributed by atoms with E-state index in [0.29, 0.717) is 19.7 Å². The molecule has 1 fully saturated rings. The average Bonchev–Trinajstić information content (AvgIpc) is 2.45. The van der Waals surface area contributed by atoms with Gasteiger partial charge in [-0.25, -0.2) is 0 Å². The highest BCUT2D eigenvalue weighted by Crippen LogP contribution is 2.20. The second-order valence-corrected chi connectivity index (χ2v) is 6.83. The van der Waals surface area contributed by atoms with Crippen molar-refractivity contribution < 1.29 is 14.3 Å². The highest BCUT2D eigenvalue weighted by atomic mass is 16.5. The fraction of sp³-hybridized carbons (Fsp3) is 0.611. The van der Waals surface area contributed by atoms with Crippen LogP contribution in [0.5, 0.6) is 0 Å². The van der Waals surface area contributed by atoms with Crippen LogP contribution in [0.15, 0.2) is 24.3 Å². The first-order valence-electron chi connectivity index (χ1n) is 8.10. The van der Waals surface area contributed by atoms with Crippen LogP contribution >= 0.6 is 0 Å². The van der Waals surface area contributed by atoms with Gasteiger partial charge in [0.15, 0.2) is 0 Å². The molecule has 2 rings (SSSR count). The van der Waals surface area contributed by atoms with E-state index in [1.807, 2.05) is 32.0 Å². The lowest BCUT2D eigenvalue weighted by molar-refractivity contribution is -0.156. The van der Waals surface area contributed by atoms with Crippen LogP contribution < -0.4 is 5.32 Å². The van der Waals surface area contributed by atoms with E-state index in [0.717, 1.165) is 18.7 Å². The molecular formula is C18H28N2O3. The largest absolute Gasteiger partial charge is 0.382 e. The Hall–Kier alpha value is -1.43. The maximum absolute atomic E-state index is 12.2. The summed E-state index contributed by atoms with van der Waals surface area (Å²) >= 11 is 0. The first-order chi connectivity index (χ1) is 10.9. The van der Waals surface area contributed by atoms with Crippen LogP contribution in [0.4, 0.5) is 0 Å². The average molecular weight is 320 g/mol. The van der Waals surface area contributed by atoms with Crippen LogP contribution in [0.2, 0.25) is 0 Å². The fourth-order valence-electron chi connectivity index (χ4n) is 3.07. The lowest BCUT2D eigenvalue weighted by Gasteiger charge is -2.42. The van der Waals surface area contributed by atoms with Gasteiger partial charge in [0.25, 0.3) is 0 Å². The number of methoxy groups -OCH3 is 1. The van der Waals surface area contributed by atoms with Crippen molar-refractivity contribution >= 4 is 5.91 Å². The monoisotopic (exact) mass is 320 g/mol. The van der Waals surface area contributed by atoms with Gasteiger partial charge in [0.05, 0.1) is 24.9 Å². The standard InChI is InChI=1S/C18H28N2O3/c1-14-7-5-6-8-15(14)9-19-17(21)11-20-10-16(12-22-4)23-18(2,3)13-20/h5-8,16H,9-13H2,1-4H3,(H,19,21)/t16-/m0/s1. The summed E-state index contributed by atoms with van der Waals surface area (Å²) in [6.07, 6.45) is 0.00733. The Kier molecular flexibility index (Phi) is 6.16. The van der Waals surface area contributed by atoms with Crippen LogP contribution in [-0.2, 0) is 20.8 Å². The zero-order valence-corrected chi connectivity index (χ0v) is 14.6. The summed E-state index contributed by atoms with van der Waals surface area (Å²) in [7, 11) is 1.67. The summed E-state index contributed by atoms with van der Waals surface area (Å²) in [5, 5.41) is 3.01.